The Morgan fingerprint density at radius 2 is 1.80 bits per heavy atom. The van der Waals surface area contributed by atoms with Crippen LogP contribution in [0.15, 0.2) is 42.9 Å². The number of ether oxygens (including phenoxy) is 2. The molecule has 1 N–H and O–H groups in total. The third-order valence-corrected chi connectivity index (χ3v) is 11.6. The van der Waals surface area contributed by atoms with Crippen molar-refractivity contribution in [1.29, 1.82) is 0 Å². The molecular weight excluding hydrogens is 694 g/mol. The van der Waals surface area contributed by atoms with Crippen LogP contribution in [-0.2, 0) is 19.1 Å². The molecule has 0 radical (unpaired) electrons. The number of benzene rings is 1. The molecule has 1 aromatic carbocycles. The lowest BCUT2D eigenvalue weighted by atomic mass is 9.85. The number of piperidine rings is 2. The molecule has 1 atom stereocenters. The molecule has 1 aliphatic carbocycles. The number of rotatable bonds is 9. The molecule has 6 heterocycles. The topological polar surface area (TPSA) is 112 Å². The van der Waals surface area contributed by atoms with Crippen molar-refractivity contribution in [2.24, 2.45) is 5.92 Å². The van der Waals surface area contributed by atoms with E-state index in [1.807, 2.05) is 42.0 Å². The zero-order valence-electron chi connectivity index (χ0n) is 30.8. The molecule has 54 heavy (non-hydrogen) atoms. The molecule has 3 aromatic heterocycles. The summed E-state index contributed by atoms with van der Waals surface area (Å²) in [5.74, 6) is 7.41. The Hall–Kier alpha value is -4.58. The van der Waals surface area contributed by atoms with Gasteiger partial charge in [0.1, 0.15) is 24.2 Å². The molecule has 4 aliphatic rings. The fourth-order valence-corrected chi connectivity index (χ4v) is 8.74. The summed E-state index contributed by atoms with van der Waals surface area (Å²) >= 11 is 0. The van der Waals surface area contributed by atoms with Crippen molar-refractivity contribution < 1.29 is 27.8 Å². The van der Waals surface area contributed by atoms with E-state index in [0.29, 0.717) is 57.4 Å². The highest BCUT2D eigenvalue weighted by Crippen LogP contribution is 2.36. The molecule has 8 rings (SSSR count). The molecule has 286 valence electrons. The number of likely N-dealkylation sites (tertiary alicyclic amines) is 1. The van der Waals surface area contributed by atoms with Crippen LogP contribution in [0.4, 0.5) is 14.6 Å². The van der Waals surface area contributed by atoms with Crippen LogP contribution in [0.25, 0.3) is 16.6 Å². The van der Waals surface area contributed by atoms with Crippen LogP contribution >= 0.6 is 0 Å². The number of carbonyl (C=O) groups is 2. The summed E-state index contributed by atoms with van der Waals surface area (Å²) in [4.78, 5) is 28.9. The highest BCUT2D eigenvalue weighted by atomic mass is 19.3. The predicted octanol–water partition coefficient (Wildman–Crippen LogP) is 5.35. The van der Waals surface area contributed by atoms with Crippen molar-refractivity contribution in [3.63, 3.8) is 0 Å². The number of aromatic nitrogens is 5. The number of imide groups is 1. The Kier molecular flexibility index (Phi) is 10.8. The van der Waals surface area contributed by atoms with Crippen molar-refractivity contribution in [2.45, 2.75) is 82.9 Å². The second-order valence-corrected chi connectivity index (χ2v) is 15.1. The summed E-state index contributed by atoms with van der Waals surface area (Å²) in [6, 6.07) is 7.51. The smallest absolute Gasteiger partial charge is 0.284 e. The first-order chi connectivity index (χ1) is 26.3. The molecule has 14 heteroatoms. The molecule has 0 bridgehead atoms. The normalized spacial score (nSPS) is 23.2. The van der Waals surface area contributed by atoms with Crippen LogP contribution in [0.5, 0.6) is 0 Å². The number of anilines is 1. The van der Waals surface area contributed by atoms with Crippen LogP contribution in [0.3, 0.4) is 0 Å². The Morgan fingerprint density at radius 3 is 2.56 bits per heavy atom. The quantitative estimate of drug-likeness (QED) is 0.181. The number of aryl methyl sites for hydroxylation is 1. The van der Waals surface area contributed by atoms with E-state index < -0.39 is 12.5 Å². The monoisotopic (exact) mass is 742 g/mol. The van der Waals surface area contributed by atoms with E-state index in [-0.39, 0.29) is 29.7 Å². The van der Waals surface area contributed by atoms with E-state index in [0.717, 1.165) is 86.0 Å². The number of amides is 2. The number of hydrogen-bond acceptors (Lipinski definition) is 8. The van der Waals surface area contributed by atoms with Gasteiger partial charge in [0, 0.05) is 62.4 Å². The first kappa shape index (κ1) is 36.4. The number of fused-ring (bicyclic) bond motifs is 1. The second kappa shape index (κ2) is 16.0. The summed E-state index contributed by atoms with van der Waals surface area (Å²) in [7, 11) is 0. The van der Waals surface area contributed by atoms with E-state index in [9.17, 15) is 18.4 Å². The maximum Gasteiger partial charge on any atom is 0.284 e. The largest absolute Gasteiger partial charge is 0.378 e. The fourth-order valence-electron chi connectivity index (χ4n) is 8.74. The first-order valence-corrected chi connectivity index (χ1v) is 19.3. The molecule has 3 aliphatic heterocycles. The third kappa shape index (κ3) is 7.67. The van der Waals surface area contributed by atoms with E-state index in [4.69, 9.17) is 9.47 Å². The van der Waals surface area contributed by atoms with Gasteiger partial charge in [0.25, 0.3) is 6.43 Å². The highest BCUT2D eigenvalue weighted by molar-refractivity contribution is 6.00. The maximum absolute atomic E-state index is 14.2. The van der Waals surface area contributed by atoms with E-state index in [1.165, 1.54) is 0 Å². The number of hydrogen-bond donors (Lipinski definition) is 1. The number of alkyl halides is 2. The summed E-state index contributed by atoms with van der Waals surface area (Å²) in [6.45, 7) is 7.99. The Labute approximate surface area is 313 Å². The number of halogens is 2. The average Bonchev–Trinajstić information content (AvgIpc) is 3.93. The van der Waals surface area contributed by atoms with Crippen molar-refractivity contribution in [2.75, 3.05) is 57.4 Å². The molecule has 4 aromatic rings. The lowest BCUT2D eigenvalue weighted by molar-refractivity contribution is -0.135. The van der Waals surface area contributed by atoms with Gasteiger partial charge in [0.05, 0.1) is 43.3 Å². The van der Waals surface area contributed by atoms with Gasteiger partial charge in [0.2, 0.25) is 11.8 Å². The first-order valence-electron chi connectivity index (χ1n) is 19.3. The van der Waals surface area contributed by atoms with Gasteiger partial charge in [-0.15, -0.1) is 0 Å². The van der Waals surface area contributed by atoms with Crippen LogP contribution in [0.1, 0.15) is 86.7 Å². The van der Waals surface area contributed by atoms with E-state index >= 15 is 0 Å². The summed E-state index contributed by atoms with van der Waals surface area (Å²) in [5.41, 5.74) is 3.02. The number of nitrogens with zero attached hydrogens (tertiary/aromatic N) is 7. The third-order valence-electron chi connectivity index (χ3n) is 11.6. The van der Waals surface area contributed by atoms with Gasteiger partial charge >= 0.3 is 0 Å². The van der Waals surface area contributed by atoms with Crippen molar-refractivity contribution in [3.8, 4) is 17.5 Å². The summed E-state index contributed by atoms with van der Waals surface area (Å²) in [6.07, 6.45) is 9.55. The van der Waals surface area contributed by atoms with Gasteiger partial charge in [-0.05, 0) is 75.5 Å². The minimum absolute atomic E-state index is 0.0938. The molecule has 0 spiro atoms. The van der Waals surface area contributed by atoms with Crippen LogP contribution in [-0.4, -0.2) is 99.5 Å². The molecule has 1 saturated carbocycles. The second-order valence-electron chi connectivity index (χ2n) is 15.1. The molecule has 1 unspecified atom stereocenters. The molecular formula is C40H48F2N8O4. The van der Waals surface area contributed by atoms with E-state index in [2.05, 4.69) is 37.2 Å². The average molecular weight is 743 g/mol. The fraction of sp³-hybridized carbons (Fsp3) is 0.550. The zero-order chi connectivity index (χ0) is 37.2. The van der Waals surface area contributed by atoms with Crippen molar-refractivity contribution >= 4 is 28.5 Å². The lowest BCUT2D eigenvalue weighted by Gasteiger charge is -2.36. The van der Waals surface area contributed by atoms with Gasteiger partial charge in [-0.2, -0.15) is 10.2 Å². The van der Waals surface area contributed by atoms with Crippen molar-refractivity contribution in [3.05, 3.63) is 59.7 Å². The molecule has 12 nitrogen and oxygen atoms in total. The SMILES string of the molecule is Cc1cn(C2CCC(=O)NC2=O)c2cccc(C#CCOC3CCN(CC4CCC(n5cc(-n6nccc6N6CCOCC6)c(C(F)F)n5)CC4)CC3)c12. The van der Waals surface area contributed by atoms with Crippen molar-refractivity contribution in [1.82, 2.24) is 34.3 Å². The molecule has 4 fully saturated rings. The Bertz CT molecular complexity index is 2020. The lowest BCUT2D eigenvalue weighted by Crippen LogP contribution is -2.41. The molecule has 3 saturated heterocycles. The summed E-state index contributed by atoms with van der Waals surface area (Å²) in [5, 5.41) is 12.3. The van der Waals surface area contributed by atoms with Gasteiger partial charge in [-0.1, -0.05) is 17.9 Å². The summed E-state index contributed by atoms with van der Waals surface area (Å²) < 4.78 is 45.5. The Morgan fingerprint density at radius 1 is 1.00 bits per heavy atom. The minimum atomic E-state index is -2.69. The van der Waals surface area contributed by atoms with Gasteiger partial charge in [-0.3, -0.25) is 19.6 Å². The maximum atomic E-state index is 14.2. The van der Waals surface area contributed by atoms with Crippen LogP contribution in [0.2, 0.25) is 0 Å². The predicted molar refractivity (Wildman–Crippen MR) is 199 cm³/mol. The highest BCUT2D eigenvalue weighted by Gasteiger charge is 2.31. The molecule has 2 amide bonds. The minimum Gasteiger partial charge on any atom is -0.378 e. The number of morpholine rings is 1. The number of nitrogens with one attached hydrogen (secondary N) is 1. The van der Waals surface area contributed by atoms with Gasteiger partial charge in [0.15, 0.2) is 5.69 Å². The number of carbonyl (C=O) groups excluding carboxylic acids is 2. The standard InChI is InChI=1S/C40H48F2N8O4/c1-27-24-48(33-11-12-35(51)44-40(33)52)32-6-2-4-29(37(27)32)5-3-21-54-31-14-17-46(18-15-31)25-28-7-9-30(10-8-28)49-26-34(38(45-49)39(41)42)50-36(13-16-43-50)47-19-22-53-23-20-47/h2,4,6,13,16,24,26,28,30-31,33,39H,7-12,14-15,17-23,25H2,1H3,(H,44,51,52). The van der Waals surface area contributed by atoms with Crippen LogP contribution < -0.4 is 10.2 Å². The zero-order valence-corrected chi connectivity index (χ0v) is 30.8. The van der Waals surface area contributed by atoms with E-state index in [1.54, 1.807) is 21.8 Å². The van der Waals surface area contributed by atoms with Crippen LogP contribution in [0, 0.1) is 24.7 Å². The van der Waals surface area contributed by atoms with Gasteiger partial charge < -0.3 is 23.8 Å². The van der Waals surface area contributed by atoms with Gasteiger partial charge in [-0.25, -0.2) is 13.5 Å². The Balaban J connectivity index is 0.806.